The van der Waals surface area contributed by atoms with Gasteiger partial charge in [0.15, 0.2) is 11.5 Å². The fourth-order valence-corrected chi connectivity index (χ4v) is 4.62. The molecule has 37 heavy (non-hydrogen) atoms. The van der Waals surface area contributed by atoms with Gasteiger partial charge in [-0.15, -0.1) is 24.5 Å². The molecule has 3 aromatic carbocycles. The Hall–Kier alpha value is -4.18. The van der Waals surface area contributed by atoms with Gasteiger partial charge in [0.25, 0.3) is 0 Å². The van der Waals surface area contributed by atoms with Gasteiger partial charge in [0.1, 0.15) is 5.82 Å². The van der Waals surface area contributed by atoms with Crippen molar-refractivity contribution in [1.82, 2.24) is 9.97 Å². The van der Waals surface area contributed by atoms with Crippen LogP contribution in [-0.4, -0.2) is 21.4 Å². The van der Waals surface area contributed by atoms with Crippen molar-refractivity contribution in [3.8, 4) is 33.9 Å². The average molecular weight is 526 g/mol. The molecule has 10 heteroatoms. The first-order valence-electron chi connectivity index (χ1n) is 11.1. The zero-order chi connectivity index (χ0) is 26.2. The van der Waals surface area contributed by atoms with Crippen molar-refractivity contribution in [2.45, 2.75) is 19.8 Å². The standard InChI is InChI=1S/C27H19F4N3O2S/c1-15-8-18(3-5-21(15)28)26-20(17-4-6-22-25(10-17)37-14-34-22)11-19(13-33-26)32-12-16-2-7-23(35)24(9-16)36-27(29,30)31/h2-11,13-14,32,35H,12H2,1H3. The molecular formula is C27H19F4N3O2S. The number of pyridine rings is 1. The molecule has 2 heterocycles. The van der Waals surface area contributed by atoms with E-state index >= 15 is 0 Å². The van der Waals surface area contributed by atoms with Crippen molar-refractivity contribution in [2.24, 2.45) is 0 Å². The Morgan fingerprint density at radius 1 is 0.973 bits per heavy atom. The molecule has 0 spiro atoms. The molecule has 5 nitrogen and oxygen atoms in total. The number of ether oxygens (including phenoxy) is 1. The van der Waals surface area contributed by atoms with Crippen LogP contribution in [0.15, 0.2) is 72.4 Å². The number of thiazole rings is 1. The van der Waals surface area contributed by atoms with E-state index in [1.165, 1.54) is 23.5 Å². The first-order chi connectivity index (χ1) is 17.7. The summed E-state index contributed by atoms with van der Waals surface area (Å²) in [5.41, 5.74) is 7.29. The molecule has 0 unspecified atom stereocenters. The average Bonchev–Trinajstić information content (AvgIpc) is 3.33. The van der Waals surface area contributed by atoms with Gasteiger partial charge in [-0.1, -0.05) is 12.1 Å². The first kappa shape index (κ1) is 24.5. The molecule has 0 amide bonds. The molecule has 0 aliphatic rings. The van der Waals surface area contributed by atoms with Gasteiger partial charge in [-0.3, -0.25) is 4.98 Å². The molecule has 5 aromatic rings. The van der Waals surface area contributed by atoms with Crippen LogP contribution in [0.4, 0.5) is 23.2 Å². The first-order valence-corrected chi connectivity index (χ1v) is 12.0. The van der Waals surface area contributed by atoms with Gasteiger partial charge in [-0.25, -0.2) is 9.37 Å². The number of halogens is 4. The number of phenols is 1. The summed E-state index contributed by atoms with van der Waals surface area (Å²) in [5.74, 6) is -1.59. The predicted octanol–water partition coefficient (Wildman–Crippen LogP) is 7.69. The summed E-state index contributed by atoms with van der Waals surface area (Å²) >= 11 is 1.51. The Morgan fingerprint density at radius 3 is 2.57 bits per heavy atom. The predicted molar refractivity (Wildman–Crippen MR) is 135 cm³/mol. The molecule has 0 bridgehead atoms. The second kappa shape index (κ2) is 9.70. The Labute approximate surface area is 213 Å². The van der Waals surface area contributed by atoms with E-state index in [2.05, 4.69) is 20.0 Å². The lowest BCUT2D eigenvalue weighted by atomic mass is 9.97. The maximum absolute atomic E-state index is 13.9. The summed E-state index contributed by atoms with van der Waals surface area (Å²) in [7, 11) is 0. The number of fused-ring (bicyclic) bond motifs is 1. The molecule has 5 rings (SSSR count). The van der Waals surface area contributed by atoms with Crippen LogP contribution >= 0.6 is 11.3 Å². The van der Waals surface area contributed by atoms with Gasteiger partial charge < -0.3 is 15.2 Å². The number of nitrogens with one attached hydrogen (secondary N) is 1. The quantitative estimate of drug-likeness (QED) is 0.223. The minimum atomic E-state index is -4.92. The summed E-state index contributed by atoms with van der Waals surface area (Å²) in [5, 5.41) is 12.9. The molecule has 2 aromatic heterocycles. The van der Waals surface area contributed by atoms with Crippen LogP contribution in [0.5, 0.6) is 11.5 Å². The number of alkyl halides is 3. The van der Waals surface area contributed by atoms with E-state index in [9.17, 15) is 22.7 Å². The lowest BCUT2D eigenvalue weighted by Gasteiger charge is -2.15. The van der Waals surface area contributed by atoms with Gasteiger partial charge in [0.2, 0.25) is 0 Å². The Bertz CT molecular complexity index is 1600. The molecule has 0 aliphatic carbocycles. The number of anilines is 1. The maximum atomic E-state index is 13.9. The van der Waals surface area contributed by atoms with Crippen LogP contribution in [0.3, 0.4) is 0 Å². The SMILES string of the molecule is Cc1cc(-c2ncc(NCc3ccc(O)c(OC(F)(F)F)c3)cc2-c2ccc3ncsc3c2)ccc1F. The van der Waals surface area contributed by atoms with Crippen molar-refractivity contribution >= 4 is 27.2 Å². The third-order valence-corrected chi connectivity index (χ3v) is 6.50. The highest BCUT2D eigenvalue weighted by Gasteiger charge is 2.32. The minimum Gasteiger partial charge on any atom is -0.504 e. The second-order valence-corrected chi connectivity index (χ2v) is 9.21. The summed E-state index contributed by atoms with van der Waals surface area (Å²) in [4.78, 5) is 8.97. The van der Waals surface area contributed by atoms with Crippen molar-refractivity contribution < 1.29 is 27.4 Å². The number of hydrogen-bond acceptors (Lipinski definition) is 6. The minimum absolute atomic E-state index is 0.151. The van der Waals surface area contributed by atoms with Crippen LogP contribution in [-0.2, 0) is 6.54 Å². The highest BCUT2D eigenvalue weighted by molar-refractivity contribution is 7.16. The normalized spacial score (nSPS) is 11.6. The zero-order valence-corrected chi connectivity index (χ0v) is 20.1. The van der Waals surface area contributed by atoms with E-state index in [1.807, 2.05) is 24.3 Å². The number of hydrogen-bond donors (Lipinski definition) is 2. The van der Waals surface area contributed by atoms with Gasteiger partial charge in [0.05, 0.1) is 33.3 Å². The molecule has 0 aliphatic heterocycles. The fraction of sp³-hybridized carbons (Fsp3) is 0.111. The van der Waals surface area contributed by atoms with Crippen LogP contribution in [0.1, 0.15) is 11.1 Å². The Kier molecular flexibility index (Phi) is 6.43. The number of benzene rings is 3. The summed E-state index contributed by atoms with van der Waals surface area (Å²) < 4.78 is 56.7. The molecule has 188 valence electrons. The maximum Gasteiger partial charge on any atom is 0.573 e. The van der Waals surface area contributed by atoms with Crippen LogP contribution in [0.25, 0.3) is 32.6 Å². The molecule has 0 atom stereocenters. The molecule has 0 saturated heterocycles. The van der Waals surface area contributed by atoms with Crippen molar-refractivity contribution in [2.75, 3.05) is 5.32 Å². The van der Waals surface area contributed by atoms with E-state index in [0.29, 0.717) is 22.5 Å². The zero-order valence-electron chi connectivity index (χ0n) is 19.3. The second-order valence-electron chi connectivity index (χ2n) is 8.32. The van der Waals surface area contributed by atoms with Crippen LogP contribution < -0.4 is 10.1 Å². The summed E-state index contributed by atoms with van der Waals surface area (Å²) in [6, 6.07) is 16.3. The fourth-order valence-electron chi connectivity index (χ4n) is 3.91. The van der Waals surface area contributed by atoms with Crippen molar-refractivity contribution in [3.05, 3.63) is 89.3 Å². The van der Waals surface area contributed by atoms with Gasteiger partial charge in [-0.2, -0.15) is 0 Å². The van der Waals surface area contributed by atoms with Gasteiger partial charge >= 0.3 is 6.36 Å². The van der Waals surface area contributed by atoms with E-state index in [0.717, 1.165) is 39.0 Å². The number of rotatable bonds is 6. The largest absolute Gasteiger partial charge is 0.573 e. The smallest absolute Gasteiger partial charge is 0.504 e. The lowest BCUT2D eigenvalue weighted by Crippen LogP contribution is -2.17. The Morgan fingerprint density at radius 2 is 1.78 bits per heavy atom. The van der Waals surface area contributed by atoms with Crippen molar-refractivity contribution in [1.29, 1.82) is 0 Å². The number of aromatic hydroxyl groups is 1. The van der Waals surface area contributed by atoms with Crippen LogP contribution in [0, 0.1) is 12.7 Å². The molecular weight excluding hydrogens is 506 g/mol. The molecule has 0 saturated carbocycles. The summed E-state index contributed by atoms with van der Waals surface area (Å²) in [6.07, 6.45) is -3.31. The number of aryl methyl sites for hydroxylation is 1. The highest BCUT2D eigenvalue weighted by Crippen LogP contribution is 2.36. The van der Waals surface area contributed by atoms with Crippen LogP contribution in [0.2, 0.25) is 0 Å². The topological polar surface area (TPSA) is 67.3 Å². The number of nitrogens with zero attached hydrogens (tertiary/aromatic N) is 2. The lowest BCUT2D eigenvalue weighted by molar-refractivity contribution is -0.275. The summed E-state index contributed by atoms with van der Waals surface area (Å²) in [6.45, 7) is 1.84. The highest BCUT2D eigenvalue weighted by atomic mass is 32.1. The Balaban J connectivity index is 1.49. The van der Waals surface area contributed by atoms with Gasteiger partial charge in [-0.05, 0) is 72.1 Å². The molecule has 0 radical (unpaired) electrons. The van der Waals surface area contributed by atoms with E-state index in [4.69, 9.17) is 0 Å². The third-order valence-electron chi connectivity index (χ3n) is 5.71. The monoisotopic (exact) mass is 525 g/mol. The molecule has 2 N–H and O–H groups in total. The number of aromatic nitrogens is 2. The number of phenolic OH excluding ortho intramolecular Hbond substituents is 1. The molecule has 0 fully saturated rings. The van der Waals surface area contributed by atoms with E-state index in [-0.39, 0.29) is 12.4 Å². The third kappa shape index (κ3) is 5.49. The van der Waals surface area contributed by atoms with E-state index in [1.54, 1.807) is 30.8 Å². The van der Waals surface area contributed by atoms with E-state index < -0.39 is 17.9 Å². The van der Waals surface area contributed by atoms with Gasteiger partial charge in [0, 0.05) is 17.7 Å². The van der Waals surface area contributed by atoms with Crippen molar-refractivity contribution in [3.63, 3.8) is 0 Å².